The molecule has 30 heavy (non-hydrogen) atoms. The van der Waals surface area contributed by atoms with Crippen LogP contribution >= 0.6 is 0 Å². The highest BCUT2D eigenvalue weighted by atomic mass is 16.2. The molecule has 1 nitrogen and oxygen atoms in total. The number of fused-ring (bicyclic) bond motifs is 5. The SMILES string of the molecule is OB1/C2=C(CCCCCC2)\C2=C(\CCCCCC2)c2ccccc2-c2ccccc21. The second-order valence-corrected chi connectivity index (χ2v) is 9.32. The first-order valence-electron chi connectivity index (χ1n) is 12.2. The topological polar surface area (TPSA) is 20.2 Å². The zero-order valence-electron chi connectivity index (χ0n) is 18.1. The molecule has 5 rings (SSSR count). The molecule has 0 saturated carbocycles. The van der Waals surface area contributed by atoms with Gasteiger partial charge in [0.2, 0.25) is 0 Å². The van der Waals surface area contributed by atoms with Crippen molar-refractivity contribution in [1.82, 2.24) is 0 Å². The standard InChI is InChI=1S/C28H33BO/c30-29-27-19-8-4-3-7-17-25(27)23-14-6-2-1-5-13-21(23)22-15-9-10-16-24(22)26-18-11-12-20-28(26)29/h9-12,15-16,18,20,30H,1-8,13-14,17,19H2/b23-21-,27-25-. The van der Waals surface area contributed by atoms with E-state index in [4.69, 9.17) is 0 Å². The van der Waals surface area contributed by atoms with Crippen LogP contribution < -0.4 is 5.46 Å². The lowest BCUT2D eigenvalue weighted by Gasteiger charge is -2.26. The maximum atomic E-state index is 11.8. The van der Waals surface area contributed by atoms with Crippen molar-refractivity contribution in [2.45, 2.75) is 77.0 Å². The highest BCUT2D eigenvalue weighted by molar-refractivity contribution is 6.74. The van der Waals surface area contributed by atoms with E-state index < -0.39 is 6.92 Å². The Kier molecular flexibility index (Phi) is 5.95. The Labute approximate surface area is 182 Å². The maximum absolute atomic E-state index is 11.8. The lowest BCUT2D eigenvalue weighted by molar-refractivity contribution is 0.572. The molecule has 0 aromatic heterocycles. The van der Waals surface area contributed by atoms with Crippen LogP contribution in [0.2, 0.25) is 0 Å². The number of rotatable bonds is 0. The molecule has 3 aliphatic rings. The summed E-state index contributed by atoms with van der Waals surface area (Å²) in [6, 6.07) is 17.6. The molecule has 2 aromatic rings. The van der Waals surface area contributed by atoms with Crippen molar-refractivity contribution in [2.24, 2.45) is 0 Å². The van der Waals surface area contributed by atoms with Crippen LogP contribution in [0.4, 0.5) is 0 Å². The van der Waals surface area contributed by atoms with Gasteiger partial charge in [-0.25, -0.2) is 0 Å². The molecular formula is C28H33BO. The Morgan fingerprint density at radius 2 is 1.03 bits per heavy atom. The maximum Gasteiger partial charge on any atom is 0.355 e. The van der Waals surface area contributed by atoms with Crippen LogP contribution in [-0.2, 0) is 0 Å². The summed E-state index contributed by atoms with van der Waals surface area (Å²) in [5.41, 5.74) is 11.0. The van der Waals surface area contributed by atoms with E-state index in [1.807, 2.05) is 0 Å². The summed E-state index contributed by atoms with van der Waals surface area (Å²) in [6.45, 7) is -0.486. The zero-order chi connectivity index (χ0) is 20.3. The molecular weight excluding hydrogens is 363 g/mol. The molecule has 0 unspecified atom stereocenters. The van der Waals surface area contributed by atoms with Crippen LogP contribution in [0.25, 0.3) is 16.7 Å². The fourth-order valence-corrected chi connectivity index (χ4v) is 5.97. The average molecular weight is 396 g/mol. The van der Waals surface area contributed by atoms with Crippen molar-refractivity contribution in [3.8, 4) is 11.1 Å². The van der Waals surface area contributed by atoms with Crippen LogP contribution in [0.15, 0.2) is 65.1 Å². The van der Waals surface area contributed by atoms with Gasteiger partial charge in [-0.1, -0.05) is 91.7 Å². The predicted molar refractivity (Wildman–Crippen MR) is 129 cm³/mol. The largest absolute Gasteiger partial charge is 0.443 e. The minimum absolute atomic E-state index is 0.486. The van der Waals surface area contributed by atoms with Crippen LogP contribution in [0.3, 0.4) is 0 Å². The van der Waals surface area contributed by atoms with Gasteiger partial charge in [0.05, 0.1) is 0 Å². The van der Waals surface area contributed by atoms with Gasteiger partial charge in [0, 0.05) is 0 Å². The van der Waals surface area contributed by atoms with Crippen LogP contribution in [0.5, 0.6) is 0 Å². The Bertz CT molecular complexity index is 984. The van der Waals surface area contributed by atoms with Gasteiger partial charge in [-0.2, -0.15) is 0 Å². The van der Waals surface area contributed by atoms with Crippen molar-refractivity contribution >= 4 is 18.0 Å². The molecule has 154 valence electrons. The molecule has 0 fully saturated rings. The van der Waals surface area contributed by atoms with E-state index in [0.717, 1.165) is 18.3 Å². The second-order valence-electron chi connectivity index (χ2n) is 9.32. The van der Waals surface area contributed by atoms with E-state index in [-0.39, 0.29) is 0 Å². The van der Waals surface area contributed by atoms with E-state index in [1.54, 1.807) is 11.1 Å². The number of hydrogen-bond acceptors (Lipinski definition) is 1. The van der Waals surface area contributed by atoms with Gasteiger partial charge in [-0.05, 0) is 78.2 Å². The van der Waals surface area contributed by atoms with Crippen molar-refractivity contribution in [3.05, 3.63) is 70.7 Å². The molecule has 0 spiro atoms. The zero-order valence-corrected chi connectivity index (χ0v) is 18.1. The third-order valence-electron chi connectivity index (χ3n) is 7.47. The summed E-state index contributed by atoms with van der Waals surface area (Å²) in [4.78, 5) is 0. The molecule has 1 aliphatic heterocycles. The van der Waals surface area contributed by atoms with Gasteiger partial charge >= 0.3 is 6.92 Å². The van der Waals surface area contributed by atoms with E-state index >= 15 is 0 Å². The Morgan fingerprint density at radius 3 is 1.77 bits per heavy atom. The van der Waals surface area contributed by atoms with E-state index in [0.29, 0.717) is 0 Å². The van der Waals surface area contributed by atoms with Gasteiger partial charge in [0.1, 0.15) is 0 Å². The first-order valence-corrected chi connectivity index (χ1v) is 12.2. The molecule has 1 heterocycles. The van der Waals surface area contributed by atoms with Gasteiger partial charge in [0.25, 0.3) is 0 Å². The molecule has 2 aromatic carbocycles. The van der Waals surface area contributed by atoms with E-state index in [1.165, 1.54) is 91.9 Å². The molecule has 0 atom stereocenters. The van der Waals surface area contributed by atoms with Crippen LogP contribution in [-0.4, -0.2) is 11.9 Å². The van der Waals surface area contributed by atoms with Crippen LogP contribution in [0.1, 0.15) is 82.6 Å². The molecule has 0 bridgehead atoms. The Hall–Kier alpha value is -2.06. The second kappa shape index (κ2) is 8.98. The summed E-state index contributed by atoms with van der Waals surface area (Å²) in [6.07, 6.45) is 14.8. The summed E-state index contributed by atoms with van der Waals surface area (Å²) in [5, 5.41) is 11.8. The lowest BCUT2D eigenvalue weighted by atomic mass is 9.50. The quantitative estimate of drug-likeness (QED) is 0.483. The summed E-state index contributed by atoms with van der Waals surface area (Å²) in [5.74, 6) is 0. The van der Waals surface area contributed by atoms with Gasteiger partial charge in [-0.15, -0.1) is 0 Å². The summed E-state index contributed by atoms with van der Waals surface area (Å²) >= 11 is 0. The van der Waals surface area contributed by atoms with Crippen LogP contribution in [0, 0.1) is 0 Å². The first-order chi connectivity index (χ1) is 14.8. The minimum atomic E-state index is -0.486. The highest BCUT2D eigenvalue weighted by Gasteiger charge is 2.31. The van der Waals surface area contributed by atoms with Gasteiger partial charge in [0.15, 0.2) is 0 Å². The van der Waals surface area contributed by atoms with E-state index in [9.17, 15) is 5.02 Å². The van der Waals surface area contributed by atoms with Crippen molar-refractivity contribution < 1.29 is 5.02 Å². The average Bonchev–Trinajstić information content (AvgIpc) is 2.76. The van der Waals surface area contributed by atoms with Crippen molar-refractivity contribution in [1.29, 1.82) is 0 Å². The molecule has 0 amide bonds. The van der Waals surface area contributed by atoms with Gasteiger partial charge in [-0.3, -0.25) is 0 Å². The minimum Gasteiger partial charge on any atom is -0.443 e. The third kappa shape index (κ3) is 3.71. The normalized spacial score (nSPS) is 25.0. The molecule has 2 heteroatoms. The summed E-state index contributed by atoms with van der Waals surface area (Å²) in [7, 11) is 0. The monoisotopic (exact) mass is 396 g/mol. The number of benzene rings is 2. The Morgan fingerprint density at radius 1 is 0.500 bits per heavy atom. The lowest BCUT2D eigenvalue weighted by Crippen LogP contribution is -2.35. The third-order valence-corrected chi connectivity index (χ3v) is 7.47. The van der Waals surface area contributed by atoms with Gasteiger partial charge < -0.3 is 5.02 Å². The Balaban J connectivity index is 1.84. The number of hydrogen-bond donors (Lipinski definition) is 1. The fraction of sp³-hybridized carbons (Fsp3) is 0.429. The van der Waals surface area contributed by atoms with Crippen molar-refractivity contribution in [2.75, 3.05) is 0 Å². The predicted octanol–water partition coefficient (Wildman–Crippen LogP) is 6.86. The van der Waals surface area contributed by atoms with Crippen molar-refractivity contribution in [3.63, 3.8) is 0 Å². The number of allylic oxidation sites excluding steroid dienone is 4. The molecule has 0 saturated heterocycles. The first kappa shape index (κ1) is 19.9. The highest BCUT2D eigenvalue weighted by Crippen LogP contribution is 2.43. The molecule has 0 radical (unpaired) electrons. The molecule has 1 N–H and O–H groups in total. The smallest absolute Gasteiger partial charge is 0.355 e. The molecule has 2 aliphatic carbocycles. The van der Waals surface area contributed by atoms with E-state index in [2.05, 4.69) is 48.5 Å². The summed E-state index contributed by atoms with van der Waals surface area (Å²) < 4.78 is 0. The fourth-order valence-electron chi connectivity index (χ4n) is 5.97.